The summed E-state index contributed by atoms with van der Waals surface area (Å²) in [5.41, 5.74) is 1.65. The molecule has 1 aromatic carbocycles. The van der Waals surface area contributed by atoms with Crippen LogP contribution in [-0.4, -0.2) is 47.8 Å². The molecule has 2 aromatic rings. The molecule has 4 rings (SSSR count). The van der Waals surface area contributed by atoms with Gasteiger partial charge in [-0.05, 0) is 50.5 Å². The first-order valence-electron chi connectivity index (χ1n) is 9.87. The van der Waals surface area contributed by atoms with E-state index < -0.39 is 0 Å². The number of furan rings is 1. The smallest absolute Gasteiger partial charge is 0.253 e. The van der Waals surface area contributed by atoms with Crippen molar-refractivity contribution in [2.75, 3.05) is 26.2 Å². The third-order valence-corrected chi connectivity index (χ3v) is 5.71. The maximum atomic E-state index is 12.9. The SMILES string of the molecule is Cc1ccc(-c2ccc(C(=O)N3CCCN(C(=O)C4CCC4)CC3)cc2)o1. The summed E-state index contributed by atoms with van der Waals surface area (Å²) in [5, 5.41) is 0. The van der Waals surface area contributed by atoms with E-state index in [1.54, 1.807) is 0 Å². The highest BCUT2D eigenvalue weighted by atomic mass is 16.3. The predicted molar refractivity (Wildman–Crippen MR) is 103 cm³/mol. The van der Waals surface area contributed by atoms with Gasteiger partial charge in [0.2, 0.25) is 5.91 Å². The largest absolute Gasteiger partial charge is 0.461 e. The van der Waals surface area contributed by atoms with E-state index in [0.717, 1.165) is 42.9 Å². The summed E-state index contributed by atoms with van der Waals surface area (Å²) >= 11 is 0. The number of carbonyl (C=O) groups is 2. The van der Waals surface area contributed by atoms with Gasteiger partial charge in [-0.15, -0.1) is 0 Å². The van der Waals surface area contributed by atoms with Gasteiger partial charge in [-0.25, -0.2) is 0 Å². The molecular weight excluding hydrogens is 340 g/mol. The van der Waals surface area contributed by atoms with Gasteiger partial charge in [-0.2, -0.15) is 0 Å². The van der Waals surface area contributed by atoms with Crippen LogP contribution in [0.3, 0.4) is 0 Å². The van der Waals surface area contributed by atoms with Gasteiger partial charge >= 0.3 is 0 Å². The van der Waals surface area contributed by atoms with E-state index in [1.165, 1.54) is 6.42 Å². The number of carbonyl (C=O) groups excluding carboxylic acids is 2. The minimum absolute atomic E-state index is 0.0371. The zero-order valence-electron chi connectivity index (χ0n) is 15.8. The molecule has 5 heteroatoms. The summed E-state index contributed by atoms with van der Waals surface area (Å²) in [6.45, 7) is 4.63. The van der Waals surface area contributed by atoms with Crippen LogP contribution in [0, 0.1) is 12.8 Å². The quantitative estimate of drug-likeness (QED) is 0.832. The lowest BCUT2D eigenvalue weighted by Gasteiger charge is -2.31. The summed E-state index contributed by atoms with van der Waals surface area (Å²) in [5.74, 6) is 2.23. The van der Waals surface area contributed by atoms with Crippen LogP contribution in [-0.2, 0) is 4.79 Å². The van der Waals surface area contributed by atoms with E-state index in [4.69, 9.17) is 4.42 Å². The third kappa shape index (κ3) is 3.77. The number of rotatable bonds is 3. The molecule has 0 bridgehead atoms. The molecule has 0 unspecified atom stereocenters. The monoisotopic (exact) mass is 366 g/mol. The van der Waals surface area contributed by atoms with Gasteiger partial charge in [0.1, 0.15) is 11.5 Å². The number of nitrogens with zero attached hydrogens (tertiary/aromatic N) is 2. The van der Waals surface area contributed by atoms with Gasteiger partial charge in [0.15, 0.2) is 0 Å². The van der Waals surface area contributed by atoms with Crippen molar-refractivity contribution >= 4 is 11.8 Å². The van der Waals surface area contributed by atoms with E-state index in [-0.39, 0.29) is 17.7 Å². The van der Waals surface area contributed by atoms with Gasteiger partial charge in [-0.1, -0.05) is 18.6 Å². The molecule has 0 atom stereocenters. The molecule has 1 aromatic heterocycles. The van der Waals surface area contributed by atoms with Crippen LogP contribution in [0.2, 0.25) is 0 Å². The molecule has 0 N–H and O–H groups in total. The van der Waals surface area contributed by atoms with E-state index in [0.29, 0.717) is 25.2 Å². The van der Waals surface area contributed by atoms with Gasteiger partial charge in [0.05, 0.1) is 0 Å². The van der Waals surface area contributed by atoms with Crippen LogP contribution in [0.1, 0.15) is 41.8 Å². The Hall–Kier alpha value is -2.56. The predicted octanol–water partition coefficient (Wildman–Crippen LogP) is 3.73. The number of hydrogen-bond donors (Lipinski definition) is 0. The molecular formula is C22H26N2O3. The Morgan fingerprint density at radius 3 is 2.22 bits per heavy atom. The van der Waals surface area contributed by atoms with Crippen LogP contribution >= 0.6 is 0 Å². The Morgan fingerprint density at radius 1 is 0.889 bits per heavy atom. The Labute approximate surface area is 159 Å². The van der Waals surface area contributed by atoms with Crippen molar-refractivity contribution in [1.29, 1.82) is 0 Å². The van der Waals surface area contributed by atoms with E-state index >= 15 is 0 Å². The van der Waals surface area contributed by atoms with E-state index in [2.05, 4.69) is 0 Å². The van der Waals surface area contributed by atoms with Gasteiger partial charge in [0.25, 0.3) is 5.91 Å². The molecule has 2 fully saturated rings. The molecule has 2 heterocycles. The molecule has 1 aliphatic carbocycles. The highest BCUT2D eigenvalue weighted by molar-refractivity contribution is 5.94. The van der Waals surface area contributed by atoms with Crippen molar-refractivity contribution < 1.29 is 14.0 Å². The zero-order chi connectivity index (χ0) is 18.8. The van der Waals surface area contributed by atoms with Gasteiger partial charge < -0.3 is 14.2 Å². The number of amides is 2. The van der Waals surface area contributed by atoms with Crippen molar-refractivity contribution in [2.45, 2.75) is 32.6 Å². The summed E-state index contributed by atoms with van der Waals surface area (Å²) in [7, 11) is 0. The fraction of sp³-hybridized carbons (Fsp3) is 0.455. The fourth-order valence-corrected chi connectivity index (χ4v) is 3.80. The standard InChI is InChI=1S/C22H26N2O3/c1-16-6-11-20(27-16)17-7-9-19(10-8-17)22(26)24-13-3-12-23(14-15-24)21(25)18-4-2-5-18/h6-11,18H,2-5,12-15H2,1H3. The summed E-state index contributed by atoms with van der Waals surface area (Å²) in [6.07, 6.45) is 4.06. The first kappa shape index (κ1) is 17.8. The molecule has 5 nitrogen and oxygen atoms in total. The number of hydrogen-bond acceptors (Lipinski definition) is 3. The first-order chi connectivity index (χ1) is 13.1. The molecule has 27 heavy (non-hydrogen) atoms. The number of aryl methyl sites for hydroxylation is 1. The van der Waals surface area contributed by atoms with Crippen molar-refractivity contribution in [2.24, 2.45) is 5.92 Å². The maximum Gasteiger partial charge on any atom is 0.253 e. The topological polar surface area (TPSA) is 53.8 Å². The lowest BCUT2D eigenvalue weighted by molar-refractivity contribution is -0.138. The molecule has 1 aliphatic heterocycles. The van der Waals surface area contributed by atoms with Crippen molar-refractivity contribution in [3.8, 4) is 11.3 Å². The highest BCUT2D eigenvalue weighted by Crippen LogP contribution is 2.28. The highest BCUT2D eigenvalue weighted by Gasteiger charge is 2.31. The third-order valence-electron chi connectivity index (χ3n) is 5.71. The summed E-state index contributed by atoms with van der Waals surface area (Å²) < 4.78 is 5.64. The van der Waals surface area contributed by atoms with Crippen LogP contribution in [0.5, 0.6) is 0 Å². The van der Waals surface area contributed by atoms with Crippen LogP contribution in [0.15, 0.2) is 40.8 Å². The Morgan fingerprint density at radius 2 is 1.59 bits per heavy atom. The average molecular weight is 366 g/mol. The maximum absolute atomic E-state index is 12.9. The van der Waals surface area contributed by atoms with E-state index in [1.807, 2.05) is 53.1 Å². The van der Waals surface area contributed by atoms with Crippen LogP contribution in [0.4, 0.5) is 0 Å². The summed E-state index contributed by atoms with van der Waals surface area (Å²) in [4.78, 5) is 29.2. The first-order valence-corrected chi connectivity index (χ1v) is 9.87. The van der Waals surface area contributed by atoms with Crippen molar-refractivity contribution in [3.05, 3.63) is 47.7 Å². The van der Waals surface area contributed by atoms with E-state index in [9.17, 15) is 9.59 Å². The minimum Gasteiger partial charge on any atom is -0.461 e. The fourth-order valence-electron chi connectivity index (χ4n) is 3.80. The Kier molecular flexibility index (Phi) is 5.01. The Balaban J connectivity index is 1.39. The van der Waals surface area contributed by atoms with Crippen molar-refractivity contribution in [3.63, 3.8) is 0 Å². The molecule has 2 aliphatic rings. The molecule has 1 saturated carbocycles. The summed E-state index contributed by atoms with van der Waals surface area (Å²) in [6, 6.07) is 11.4. The average Bonchev–Trinajstić information content (AvgIpc) is 2.92. The molecule has 0 spiro atoms. The second-order valence-electron chi connectivity index (χ2n) is 7.59. The molecule has 0 radical (unpaired) electrons. The lowest BCUT2D eigenvalue weighted by atomic mass is 9.84. The van der Waals surface area contributed by atoms with Crippen LogP contribution in [0.25, 0.3) is 11.3 Å². The normalized spacial score (nSPS) is 18.1. The van der Waals surface area contributed by atoms with Crippen LogP contribution < -0.4 is 0 Å². The molecule has 2 amide bonds. The second-order valence-corrected chi connectivity index (χ2v) is 7.59. The Bertz CT molecular complexity index is 820. The molecule has 142 valence electrons. The zero-order valence-corrected chi connectivity index (χ0v) is 15.8. The van der Waals surface area contributed by atoms with Gasteiger partial charge in [0, 0.05) is 43.2 Å². The lowest BCUT2D eigenvalue weighted by Crippen LogP contribution is -2.41. The van der Waals surface area contributed by atoms with Gasteiger partial charge in [-0.3, -0.25) is 9.59 Å². The molecule has 1 saturated heterocycles. The van der Waals surface area contributed by atoms with Crippen molar-refractivity contribution in [1.82, 2.24) is 9.80 Å². The second kappa shape index (κ2) is 7.59. The minimum atomic E-state index is 0.0371. The number of benzene rings is 1.